The summed E-state index contributed by atoms with van der Waals surface area (Å²) in [4.78, 5) is 12.6. The highest BCUT2D eigenvalue weighted by Crippen LogP contribution is 2.16. The Kier molecular flexibility index (Phi) is 8.18. The summed E-state index contributed by atoms with van der Waals surface area (Å²) < 4.78 is 0. The van der Waals surface area contributed by atoms with Gasteiger partial charge < -0.3 is 5.32 Å². The van der Waals surface area contributed by atoms with Crippen molar-refractivity contribution in [3.05, 3.63) is 30.3 Å². The molecule has 94 valence electrons. The molecule has 0 spiro atoms. The number of halogens is 1. The SMILES string of the molecule is O=C(CSc1ccccc1)NCCCCCBr. The van der Waals surface area contributed by atoms with E-state index in [1.807, 2.05) is 30.3 Å². The van der Waals surface area contributed by atoms with Crippen LogP contribution in [0.4, 0.5) is 0 Å². The van der Waals surface area contributed by atoms with Crippen LogP contribution in [0.25, 0.3) is 0 Å². The number of carbonyl (C=O) groups is 1. The molecule has 0 aromatic heterocycles. The Labute approximate surface area is 116 Å². The van der Waals surface area contributed by atoms with Gasteiger partial charge >= 0.3 is 0 Å². The van der Waals surface area contributed by atoms with Crippen molar-refractivity contribution in [2.24, 2.45) is 0 Å². The quantitative estimate of drug-likeness (QED) is 0.452. The molecule has 0 bridgehead atoms. The lowest BCUT2D eigenvalue weighted by Gasteiger charge is -2.04. The van der Waals surface area contributed by atoms with Crippen molar-refractivity contribution in [3.8, 4) is 0 Å². The Bertz CT molecular complexity index is 318. The summed E-state index contributed by atoms with van der Waals surface area (Å²) in [6, 6.07) is 10.00. The first kappa shape index (κ1) is 14.6. The fraction of sp³-hybridized carbons (Fsp3) is 0.462. The molecule has 0 atom stereocenters. The fourth-order valence-electron chi connectivity index (χ4n) is 1.34. The number of benzene rings is 1. The molecular formula is C13H18BrNOS. The molecule has 1 amide bonds. The zero-order valence-corrected chi connectivity index (χ0v) is 12.2. The summed E-state index contributed by atoms with van der Waals surface area (Å²) in [6.07, 6.45) is 3.40. The molecule has 1 aromatic rings. The van der Waals surface area contributed by atoms with Crippen LogP contribution in [0, 0.1) is 0 Å². The Morgan fingerprint density at radius 2 is 1.94 bits per heavy atom. The second-order valence-corrected chi connectivity index (χ2v) is 5.54. The van der Waals surface area contributed by atoms with E-state index in [1.165, 1.54) is 6.42 Å². The van der Waals surface area contributed by atoms with Crippen molar-refractivity contribution in [2.45, 2.75) is 24.2 Å². The van der Waals surface area contributed by atoms with Gasteiger partial charge in [0, 0.05) is 16.8 Å². The third-order valence-corrected chi connectivity index (χ3v) is 3.82. The van der Waals surface area contributed by atoms with Gasteiger partial charge in [0.2, 0.25) is 5.91 Å². The number of alkyl halides is 1. The molecular weight excluding hydrogens is 298 g/mol. The lowest BCUT2D eigenvalue weighted by Crippen LogP contribution is -2.26. The molecule has 0 aliphatic carbocycles. The van der Waals surface area contributed by atoms with Crippen molar-refractivity contribution in [2.75, 3.05) is 17.6 Å². The highest BCUT2D eigenvalue weighted by molar-refractivity contribution is 9.09. The molecule has 4 heteroatoms. The number of hydrogen-bond donors (Lipinski definition) is 1. The second kappa shape index (κ2) is 9.54. The van der Waals surface area contributed by atoms with E-state index in [-0.39, 0.29) is 5.91 Å². The minimum atomic E-state index is 0.123. The van der Waals surface area contributed by atoms with Crippen molar-refractivity contribution >= 4 is 33.6 Å². The Hall–Kier alpha value is -0.480. The van der Waals surface area contributed by atoms with Crippen LogP contribution >= 0.6 is 27.7 Å². The van der Waals surface area contributed by atoms with Gasteiger partial charge in [-0.05, 0) is 25.0 Å². The molecule has 1 N–H and O–H groups in total. The smallest absolute Gasteiger partial charge is 0.230 e. The number of hydrogen-bond acceptors (Lipinski definition) is 2. The van der Waals surface area contributed by atoms with Crippen molar-refractivity contribution < 1.29 is 4.79 Å². The normalized spacial score (nSPS) is 10.2. The van der Waals surface area contributed by atoms with Crippen LogP contribution < -0.4 is 5.32 Å². The number of rotatable bonds is 8. The average Bonchev–Trinajstić information content (AvgIpc) is 2.37. The van der Waals surface area contributed by atoms with E-state index < -0.39 is 0 Å². The van der Waals surface area contributed by atoms with Crippen LogP contribution in [0.3, 0.4) is 0 Å². The average molecular weight is 316 g/mol. The van der Waals surface area contributed by atoms with Gasteiger partial charge in [0.25, 0.3) is 0 Å². The van der Waals surface area contributed by atoms with Crippen LogP contribution in [-0.4, -0.2) is 23.5 Å². The summed E-state index contributed by atoms with van der Waals surface area (Å²) in [7, 11) is 0. The van der Waals surface area contributed by atoms with Gasteiger partial charge in [-0.2, -0.15) is 0 Å². The van der Waals surface area contributed by atoms with Crippen LogP contribution in [0.5, 0.6) is 0 Å². The highest BCUT2D eigenvalue weighted by atomic mass is 79.9. The minimum absolute atomic E-state index is 0.123. The third-order valence-electron chi connectivity index (χ3n) is 2.25. The predicted molar refractivity (Wildman–Crippen MR) is 77.8 cm³/mol. The number of nitrogens with one attached hydrogen (secondary N) is 1. The predicted octanol–water partition coefficient (Wildman–Crippen LogP) is 3.46. The van der Waals surface area contributed by atoms with Crippen LogP contribution in [-0.2, 0) is 4.79 Å². The summed E-state index contributed by atoms with van der Waals surface area (Å²) in [5.74, 6) is 0.625. The maximum absolute atomic E-state index is 11.5. The second-order valence-electron chi connectivity index (χ2n) is 3.70. The first-order chi connectivity index (χ1) is 8.33. The van der Waals surface area contributed by atoms with E-state index in [4.69, 9.17) is 0 Å². The van der Waals surface area contributed by atoms with E-state index in [0.717, 1.165) is 29.6 Å². The van der Waals surface area contributed by atoms with E-state index in [1.54, 1.807) is 11.8 Å². The Balaban J connectivity index is 2.05. The largest absolute Gasteiger partial charge is 0.355 e. The first-order valence-corrected chi connectivity index (χ1v) is 7.94. The molecule has 0 saturated heterocycles. The topological polar surface area (TPSA) is 29.1 Å². The molecule has 0 unspecified atom stereocenters. The number of amides is 1. The molecule has 0 aliphatic rings. The van der Waals surface area contributed by atoms with E-state index in [2.05, 4.69) is 21.2 Å². The minimum Gasteiger partial charge on any atom is -0.355 e. The Morgan fingerprint density at radius 3 is 2.65 bits per heavy atom. The number of carbonyl (C=O) groups excluding carboxylic acids is 1. The van der Waals surface area contributed by atoms with Gasteiger partial charge in [-0.3, -0.25) is 4.79 Å². The van der Waals surface area contributed by atoms with Gasteiger partial charge in [-0.1, -0.05) is 40.5 Å². The maximum atomic E-state index is 11.5. The van der Waals surface area contributed by atoms with E-state index in [9.17, 15) is 4.79 Å². The molecule has 0 fully saturated rings. The van der Waals surface area contributed by atoms with Gasteiger partial charge in [0.05, 0.1) is 5.75 Å². The number of unbranched alkanes of at least 4 members (excludes halogenated alkanes) is 2. The molecule has 0 aliphatic heterocycles. The number of thioether (sulfide) groups is 1. The summed E-state index contributed by atoms with van der Waals surface area (Å²) >= 11 is 4.97. The zero-order valence-electron chi connectivity index (χ0n) is 9.82. The molecule has 1 rings (SSSR count). The van der Waals surface area contributed by atoms with E-state index in [0.29, 0.717) is 5.75 Å². The molecule has 0 radical (unpaired) electrons. The van der Waals surface area contributed by atoms with Crippen molar-refractivity contribution in [1.82, 2.24) is 5.32 Å². The molecule has 17 heavy (non-hydrogen) atoms. The summed E-state index contributed by atoms with van der Waals surface area (Å²) in [5.41, 5.74) is 0. The van der Waals surface area contributed by atoms with Crippen LogP contribution in [0.2, 0.25) is 0 Å². The summed E-state index contributed by atoms with van der Waals surface area (Å²) in [6.45, 7) is 0.793. The fourth-order valence-corrected chi connectivity index (χ4v) is 2.49. The van der Waals surface area contributed by atoms with Gasteiger partial charge in [-0.15, -0.1) is 11.8 Å². The molecule has 2 nitrogen and oxygen atoms in total. The highest BCUT2D eigenvalue weighted by Gasteiger charge is 2.01. The van der Waals surface area contributed by atoms with Crippen LogP contribution in [0.1, 0.15) is 19.3 Å². The van der Waals surface area contributed by atoms with Gasteiger partial charge in [0.15, 0.2) is 0 Å². The summed E-state index contributed by atoms with van der Waals surface area (Å²) in [5, 5.41) is 3.98. The lowest BCUT2D eigenvalue weighted by atomic mass is 10.2. The third kappa shape index (κ3) is 7.45. The standard InChI is InChI=1S/C13H18BrNOS/c14-9-5-2-6-10-15-13(16)11-17-12-7-3-1-4-8-12/h1,3-4,7-8H,2,5-6,9-11H2,(H,15,16). The van der Waals surface area contributed by atoms with Crippen molar-refractivity contribution in [3.63, 3.8) is 0 Å². The monoisotopic (exact) mass is 315 g/mol. The molecule has 0 saturated carbocycles. The van der Waals surface area contributed by atoms with E-state index >= 15 is 0 Å². The maximum Gasteiger partial charge on any atom is 0.230 e. The molecule has 0 heterocycles. The first-order valence-electron chi connectivity index (χ1n) is 5.83. The zero-order chi connectivity index (χ0) is 12.3. The van der Waals surface area contributed by atoms with Gasteiger partial charge in [0.1, 0.15) is 0 Å². The van der Waals surface area contributed by atoms with Gasteiger partial charge in [-0.25, -0.2) is 0 Å². The van der Waals surface area contributed by atoms with Crippen LogP contribution in [0.15, 0.2) is 35.2 Å². The lowest BCUT2D eigenvalue weighted by molar-refractivity contribution is -0.118. The van der Waals surface area contributed by atoms with Crippen molar-refractivity contribution in [1.29, 1.82) is 0 Å². The molecule has 1 aromatic carbocycles. The Morgan fingerprint density at radius 1 is 1.18 bits per heavy atom.